The summed E-state index contributed by atoms with van der Waals surface area (Å²) >= 11 is 0. The number of amides is 1. The van der Waals surface area contributed by atoms with Gasteiger partial charge in [0.15, 0.2) is 5.96 Å². The summed E-state index contributed by atoms with van der Waals surface area (Å²) in [6.45, 7) is 0. The number of nitrogens with zero attached hydrogens (tertiary/aromatic N) is 3. The maximum absolute atomic E-state index is 11.6. The van der Waals surface area contributed by atoms with Gasteiger partial charge < -0.3 is 31.3 Å². The van der Waals surface area contributed by atoms with Crippen LogP contribution < -0.4 is 26.4 Å². The quantitative estimate of drug-likeness (QED) is 0.401. The number of guanidine groups is 1. The number of hydrogen-bond donors (Lipinski definition) is 3. The molecule has 0 saturated carbocycles. The van der Waals surface area contributed by atoms with E-state index in [9.17, 15) is 4.79 Å². The Morgan fingerprint density at radius 1 is 1.33 bits per heavy atom. The van der Waals surface area contributed by atoms with Crippen LogP contribution >= 0.6 is 0 Å². The van der Waals surface area contributed by atoms with Crippen LogP contribution in [0.3, 0.4) is 0 Å². The molecule has 0 aromatic heterocycles. The average Bonchev–Trinajstić information content (AvgIpc) is 2.52. The van der Waals surface area contributed by atoms with Crippen LogP contribution in [-0.2, 0) is 4.79 Å². The van der Waals surface area contributed by atoms with Crippen molar-refractivity contribution < 1.29 is 9.53 Å². The summed E-state index contributed by atoms with van der Waals surface area (Å²) in [5, 5.41) is 2.62. The normalized spacial score (nSPS) is 9.96. The first-order valence-corrected chi connectivity index (χ1v) is 6.95. The molecule has 0 atom stereocenters. The van der Waals surface area contributed by atoms with Crippen LogP contribution in [0.5, 0.6) is 5.75 Å². The number of benzene rings is 1. The van der Waals surface area contributed by atoms with E-state index in [0.717, 1.165) is 0 Å². The number of ether oxygens (including phenoxy) is 1. The van der Waals surface area contributed by atoms with Gasteiger partial charge in [-0.1, -0.05) is 0 Å². The molecule has 0 bridgehead atoms. The number of aliphatic imine (C=N–C) groups is 1. The summed E-state index contributed by atoms with van der Waals surface area (Å²) in [5.41, 5.74) is 12.3. The predicted octanol–water partition coefficient (Wildman–Crippen LogP) is 0.641. The molecular weight excluding hydrogens is 308 g/mol. The molecule has 0 aliphatic heterocycles. The molecule has 0 saturated heterocycles. The zero-order chi connectivity index (χ0) is 18.3. The molecule has 5 N–H and O–H groups in total. The van der Waals surface area contributed by atoms with Gasteiger partial charge in [0.05, 0.1) is 18.5 Å². The number of carbonyl (C=O) groups excluding carboxylic acids is 1. The standard InChI is InChI=1S/C16H22N6O2/c1-6-15(23)19-11-9-12(20-16(17)18)14(24-5)10-13(11)22(4)8-7-21(2)3/h1,7-10H,2-5H3,(H,19,23)(H4,17,18,20)/b8-7+. The molecule has 1 rings (SSSR count). The van der Waals surface area contributed by atoms with Crippen molar-refractivity contribution in [3.63, 3.8) is 0 Å². The second-order valence-electron chi connectivity index (χ2n) is 5.05. The van der Waals surface area contributed by atoms with E-state index in [4.69, 9.17) is 22.6 Å². The highest BCUT2D eigenvalue weighted by molar-refractivity contribution is 6.06. The zero-order valence-electron chi connectivity index (χ0n) is 14.2. The van der Waals surface area contributed by atoms with E-state index in [1.165, 1.54) is 7.11 Å². The predicted molar refractivity (Wildman–Crippen MR) is 97.2 cm³/mol. The Bertz CT molecular complexity index is 699. The summed E-state index contributed by atoms with van der Waals surface area (Å²) in [6, 6.07) is 3.29. The van der Waals surface area contributed by atoms with Gasteiger partial charge in [0.2, 0.25) is 0 Å². The topological polar surface area (TPSA) is 109 Å². The van der Waals surface area contributed by atoms with Crippen molar-refractivity contribution in [2.75, 3.05) is 38.5 Å². The van der Waals surface area contributed by atoms with Crippen molar-refractivity contribution in [2.24, 2.45) is 16.5 Å². The van der Waals surface area contributed by atoms with Crippen LogP contribution in [0.4, 0.5) is 17.1 Å². The summed E-state index contributed by atoms with van der Waals surface area (Å²) in [5.74, 6) is 1.74. The minimum atomic E-state index is -0.581. The van der Waals surface area contributed by atoms with Crippen molar-refractivity contribution in [3.05, 3.63) is 24.5 Å². The summed E-state index contributed by atoms with van der Waals surface area (Å²) in [7, 11) is 7.11. The Kier molecular flexibility index (Phi) is 6.50. The molecular formula is C16H22N6O2. The largest absolute Gasteiger partial charge is 0.494 e. The molecule has 0 heterocycles. The second-order valence-corrected chi connectivity index (χ2v) is 5.05. The Labute approximate surface area is 141 Å². The van der Waals surface area contributed by atoms with Gasteiger partial charge in [-0.05, 0) is 12.0 Å². The van der Waals surface area contributed by atoms with E-state index in [0.29, 0.717) is 22.8 Å². The average molecular weight is 330 g/mol. The lowest BCUT2D eigenvalue weighted by molar-refractivity contribution is -0.111. The monoisotopic (exact) mass is 330 g/mol. The maximum atomic E-state index is 11.6. The molecule has 0 aliphatic carbocycles. The lowest BCUT2D eigenvalue weighted by atomic mass is 10.2. The third-order valence-electron chi connectivity index (χ3n) is 2.89. The minimum absolute atomic E-state index is 0.129. The first kappa shape index (κ1) is 18.7. The number of anilines is 2. The molecule has 0 unspecified atom stereocenters. The molecule has 1 aromatic rings. The number of nitrogens with two attached hydrogens (primary N) is 2. The Hall–Kier alpha value is -3.34. The molecule has 24 heavy (non-hydrogen) atoms. The van der Waals surface area contributed by atoms with Gasteiger partial charge in [-0.15, -0.1) is 6.42 Å². The molecule has 8 heteroatoms. The Morgan fingerprint density at radius 2 is 2.00 bits per heavy atom. The van der Waals surface area contributed by atoms with Crippen LogP contribution in [0.25, 0.3) is 0 Å². The number of nitrogens with one attached hydrogen (secondary N) is 1. The van der Waals surface area contributed by atoms with Gasteiger partial charge in [0, 0.05) is 39.6 Å². The Morgan fingerprint density at radius 3 is 2.50 bits per heavy atom. The number of hydrogen-bond acceptors (Lipinski definition) is 5. The van der Waals surface area contributed by atoms with E-state index in [1.54, 1.807) is 17.0 Å². The fraction of sp³-hybridized carbons (Fsp3) is 0.250. The van der Waals surface area contributed by atoms with Gasteiger partial charge in [0.25, 0.3) is 5.91 Å². The van der Waals surface area contributed by atoms with Gasteiger partial charge in [-0.2, -0.15) is 0 Å². The van der Waals surface area contributed by atoms with Crippen LogP contribution in [0.1, 0.15) is 0 Å². The fourth-order valence-electron chi connectivity index (χ4n) is 1.81. The highest BCUT2D eigenvalue weighted by atomic mass is 16.5. The van der Waals surface area contributed by atoms with Crippen LogP contribution in [-0.4, -0.2) is 45.0 Å². The molecule has 0 radical (unpaired) electrons. The van der Waals surface area contributed by atoms with Gasteiger partial charge >= 0.3 is 0 Å². The van der Waals surface area contributed by atoms with E-state index < -0.39 is 5.91 Å². The summed E-state index contributed by atoms with van der Waals surface area (Å²) < 4.78 is 5.32. The van der Waals surface area contributed by atoms with Crippen molar-refractivity contribution in [2.45, 2.75) is 0 Å². The molecule has 1 amide bonds. The first-order chi connectivity index (χ1) is 11.3. The molecule has 1 aromatic carbocycles. The van der Waals surface area contributed by atoms with E-state index in [2.05, 4.69) is 10.3 Å². The molecule has 8 nitrogen and oxygen atoms in total. The van der Waals surface area contributed by atoms with Crippen LogP contribution in [0.2, 0.25) is 0 Å². The van der Waals surface area contributed by atoms with Crippen LogP contribution in [0, 0.1) is 12.3 Å². The molecule has 128 valence electrons. The first-order valence-electron chi connectivity index (χ1n) is 6.95. The number of terminal acetylenes is 1. The van der Waals surface area contributed by atoms with Crippen LogP contribution in [0.15, 0.2) is 29.5 Å². The third-order valence-corrected chi connectivity index (χ3v) is 2.89. The number of rotatable bonds is 6. The maximum Gasteiger partial charge on any atom is 0.300 e. The zero-order valence-corrected chi connectivity index (χ0v) is 14.2. The van der Waals surface area contributed by atoms with Crippen molar-refractivity contribution in [1.82, 2.24) is 4.90 Å². The SMILES string of the molecule is C#CC(=O)Nc1cc(N=C(N)N)c(OC)cc1N(C)/C=C/N(C)C. The number of carbonyl (C=O) groups is 1. The smallest absolute Gasteiger partial charge is 0.300 e. The molecule has 0 spiro atoms. The molecule has 0 aliphatic rings. The highest BCUT2D eigenvalue weighted by Crippen LogP contribution is 2.38. The highest BCUT2D eigenvalue weighted by Gasteiger charge is 2.14. The van der Waals surface area contributed by atoms with E-state index in [-0.39, 0.29) is 5.96 Å². The summed E-state index contributed by atoms with van der Waals surface area (Å²) in [4.78, 5) is 19.3. The van der Waals surface area contributed by atoms with Crippen molar-refractivity contribution in [3.8, 4) is 18.1 Å². The fourth-order valence-corrected chi connectivity index (χ4v) is 1.81. The third kappa shape index (κ3) is 5.14. The lowest BCUT2D eigenvalue weighted by Crippen LogP contribution is -2.22. The lowest BCUT2D eigenvalue weighted by Gasteiger charge is -2.21. The van der Waals surface area contributed by atoms with Gasteiger partial charge in [0.1, 0.15) is 11.4 Å². The minimum Gasteiger partial charge on any atom is -0.494 e. The van der Waals surface area contributed by atoms with Crippen molar-refractivity contribution >= 4 is 28.9 Å². The molecule has 0 fully saturated rings. The van der Waals surface area contributed by atoms with E-state index >= 15 is 0 Å². The number of methoxy groups -OCH3 is 1. The van der Waals surface area contributed by atoms with Crippen molar-refractivity contribution in [1.29, 1.82) is 0 Å². The van der Waals surface area contributed by atoms with Gasteiger partial charge in [-0.25, -0.2) is 4.99 Å². The Balaban J connectivity index is 3.45. The van der Waals surface area contributed by atoms with E-state index in [1.807, 2.05) is 44.4 Å². The summed E-state index contributed by atoms with van der Waals surface area (Å²) in [6.07, 6.45) is 8.80. The van der Waals surface area contributed by atoms with Gasteiger partial charge in [-0.3, -0.25) is 4.79 Å². The second kappa shape index (κ2) is 8.33.